The molecule has 0 bridgehead atoms. The summed E-state index contributed by atoms with van der Waals surface area (Å²) in [7, 11) is 0. The fourth-order valence-corrected chi connectivity index (χ4v) is 3.65. The predicted octanol–water partition coefficient (Wildman–Crippen LogP) is 3.14. The number of nitrogens with zero attached hydrogens (tertiary/aromatic N) is 1. The summed E-state index contributed by atoms with van der Waals surface area (Å²) in [6.07, 6.45) is 5.04. The van der Waals surface area contributed by atoms with Gasteiger partial charge in [-0.3, -0.25) is 9.59 Å². The highest BCUT2D eigenvalue weighted by molar-refractivity contribution is 6.35. The average molecular weight is 293 g/mol. The third-order valence-corrected chi connectivity index (χ3v) is 4.75. The normalized spacial score (nSPS) is 21.8. The van der Waals surface area contributed by atoms with E-state index >= 15 is 0 Å². The zero-order valence-electron chi connectivity index (χ0n) is 11.2. The molecule has 1 heterocycles. The van der Waals surface area contributed by atoms with E-state index in [0.717, 1.165) is 25.7 Å². The molecular formula is C15H17ClN2O2. The maximum absolute atomic E-state index is 12.4. The molecule has 0 radical (unpaired) electrons. The fraction of sp³-hybridized carbons (Fsp3) is 0.467. The molecule has 1 saturated carbocycles. The number of carbonyl (C=O) groups excluding carboxylic acids is 2. The zero-order valence-corrected chi connectivity index (χ0v) is 11.9. The second-order valence-electron chi connectivity index (χ2n) is 5.89. The van der Waals surface area contributed by atoms with Gasteiger partial charge in [-0.1, -0.05) is 24.4 Å². The summed E-state index contributed by atoms with van der Waals surface area (Å²) < 4.78 is 0. The topological polar surface area (TPSA) is 63.4 Å². The Morgan fingerprint density at radius 2 is 1.70 bits per heavy atom. The van der Waals surface area contributed by atoms with Crippen LogP contribution in [-0.2, 0) is 9.59 Å². The monoisotopic (exact) mass is 292 g/mol. The number of piperidine rings is 1. The number of anilines is 2. The minimum absolute atomic E-state index is 0.0997. The smallest absolute Gasteiger partial charge is 0.234 e. The van der Waals surface area contributed by atoms with E-state index in [0.29, 0.717) is 29.2 Å². The van der Waals surface area contributed by atoms with Gasteiger partial charge in [0.25, 0.3) is 0 Å². The maximum atomic E-state index is 12.4. The first-order valence-electron chi connectivity index (χ1n) is 6.92. The molecule has 106 valence electrons. The lowest BCUT2D eigenvalue weighted by Crippen LogP contribution is -2.47. The molecule has 4 nitrogen and oxygen atoms in total. The number of nitrogen functional groups attached to an aromatic ring is 1. The van der Waals surface area contributed by atoms with Crippen molar-refractivity contribution in [3.05, 3.63) is 23.2 Å². The van der Waals surface area contributed by atoms with Gasteiger partial charge in [0.2, 0.25) is 11.8 Å². The van der Waals surface area contributed by atoms with Crippen LogP contribution in [0.3, 0.4) is 0 Å². The van der Waals surface area contributed by atoms with Crippen molar-refractivity contribution in [2.75, 3.05) is 10.6 Å². The average Bonchev–Trinajstić information content (AvgIpc) is 2.80. The molecule has 0 atom stereocenters. The number of hydrogen-bond donors (Lipinski definition) is 1. The summed E-state index contributed by atoms with van der Waals surface area (Å²) in [5, 5.41) is 0.378. The Hall–Kier alpha value is -1.55. The molecule has 1 saturated heterocycles. The van der Waals surface area contributed by atoms with Gasteiger partial charge in [0.05, 0.1) is 10.7 Å². The van der Waals surface area contributed by atoms with Gasteiger partial charge in [-0.15, -0.1) is 0 Å². The lowest BCUT2D eigenvalue weighted by Gasteiger charge is -2.37. The molecule has 1 aliphatic carbocycles. The van der Waals surface area contributed by atoms with Crippen molar-refractivity contribution < 1.29 is 9.59 Å². The van der Waals surface area contributed by atoms with E-state index in [-0.39, 0.29) is 17.2 Å². The van der Waals surface area contributed by atoms with E-state index in [1.165, 1.54) is 4.90 Å². The molecule has 0 unspecified atom stereocenters. The van der Waals surface area contributed by atoms with Crippen molar-refractivity contribution in [3.8, 4) is 0 Å². The number of benzene rings is 1. The zero-order chi connectivity index (χ0) is 14.3. The van der Waals surface area contributed by atoms with Crippen LogP contribution in [0, 0.1) is 5.41 Å². The quantitative estimate of drug-likeness (QED) is 0.639. The molecule has 2 amide bonds. The Kier molecular flexibility index (Phi) is 3.21. The number of hydrogen-bond acceptors (Lipinski definition) is 3. The molecule has 2 N–H and O–H groups in total. The van der Waals surface area contributed by atoms with Gasteiger partial charge >= 0.3 is 0 Å². The molecule has 5 heteroatoms. The molecule has 2 aliphatic rings. The van der Waals surface area contributed by atoms with Crippen LogP contribution in [0.4, 0.5) is 11.4 Å². The summed E-state index contributed by atoms with van der Waals surface area (Å²) in [6, 6.07) is 4.86. The van der Waals surface area contributed by atoms with Crippen LogP contribution in [0.15, 0.2) is 18.2 Å². The minimum Gasteiger partial charge on any atom is -0.399 e. The second kappa shape index (κ2) is 4.77. The number of imide groups is 1. The summed E-state index contributed by atoms with van der Waals surface area (Å²) in [4.78, 5) is 26.1. The van der Waals surface area contributed by atoms with Crippen molar-refractivity contribution in [1.82, 2.24) is 0 Å². The molecule has 1 spiro atoms. The molecular weight excluding hydrogens is 276 g/mol. The Balaban J connectivity index is 1.93. The van der Waals surface area contributed by atoms with E-state index in [9.17, 15) is 9.59 Å². The maximum Gasteiger partial charge on any atom is 0.234 e. The van der Waals surface area contributed by atoms with Gasteiger partial charge in [0, 0.05) is 18.5 Å². The summed E-state index contributed by atoms with van der Waals surface area (Å²) in [5.74, 6) is -0.314. The first kappa shape index (κ1) is 13.4. The molecule has 1 aliphatic heterocycles. The molecule has 20 heavy (non-hydrogen) atoms. The number of halogens is 1. The Labute approximate surface area is 122 Å². The molecule has 2 fully saturated rings. The molecule has 1 aromatic rings. The van der Waals surface area contributed by atoms with Gasteiger partial charge in [-0.05, 0) is 36.5 Å². The van der Waals surface area contributed by atoms with E-state index in [1.54, 1.807) is 18.2 Å². The number of nitrogens with two attached hydrogens (primary N) is 1. The van der Waals surface area contributed by atoms with Crippen molar-refractivity contribution >= 4 is 34.8 Å². The van der Waals surface area contributed by atoms with Crippen LogP contribution in [0.2, 0.25) is 5.02 Å². The highest BCUT2D eigenvalue weighted by Gasteiger charge is 2.45. The third kappa shape index (κ3) is 2.18. The first-order valence-corrected chi connectivity index (χ1v) is 7.29. The highest BCUT2D eigenvalue weighted by atomic mass is 35.5. The Morgan fingerprint density at radius 3 is 2.30 bits per heavy atom. The third-order valence-electron chi connectivity index (χ3n) is 4.43. The van der Waals surface area contributed by atoms with Gasteiger partial charge in [0.15, 0.2) is 0 Å². The minimum atomic E-state index is -0.157. The van der Waals surface area contributed by atoms with Crippen LogP contribution in [0.5, 0.6) is 0 Å². The van der Waals surface area contributed by atoms with Gasteiger partial charge in [-0.2, -0.15) is 0 Å². The van der Waals surface area contributed by atoms with Gasteiger partial charge in [0.1, 0.15) is 0 Å². The number of carbonyl (C=O) groups is 2. The Morgan fingerprint density at radius 1 is 1.10 bits per heavy atom. The lowest BCUT2D eigenvalue weighted by atomic mass is 9.76. The van der Waals surface area contributed by atoms with E-state index in [2.05, 4.69) is 0 Å². The summed E-state index contributed by atoms with van der Waals surface area (Å²) >= 11 is 6.11. The standard InChI is InChI=1S/C15H17ClN2O2/c16-11-4-3-10(17)7-12(11)18-13(19)8-15(9-14(18)20)5-1-2-6-15/h3-4,7H,1-2,5-6,8-9,17H2. The molecule has 3 rings (SSSR count). The first-order chi connectivity index (χ1) is 9.51. The Bertz CT molecular complexity index is 559. The van der Waals surface area contributed by atoms with E-state index in [4.69, 9.17) is 17.3 Å². The SMILES string of the molecule is Nc1ccc(Cl)c(N2C(=O)CC3(CCCC3)CC2=O)c1. The van der Waals surface area contributed by atoms with E-state index < -0.39 is 0 Å². The van der Waals surface area contributed by atoms with E-state index in [1.807, 2.05) is 0 Å². The van der Waals surface area contributed by atoms with Gasteiger partial charge in [-0.25, -0.2) is 4.90 Å². The molecule has 1 aromatic carbocycles. The van der Waals surface area contributed by atoms with Gasteiger partial charge < -0.3 is 5.73 Å². The summed E-state index contributed by atoms with van der Waals surface area (Å²) in [5.41, 5.74) is 6.54. The fourth-order valence-electron chi connectivity index (χ4n) is 3.45. The lowest BCUT2D eigenvalue weighted by molar-refractivity contribution is -0.133. The number of rotatable bonds is 1. The second-order valence-corrected chi connectivity index (χ2v) is 6.30. The van der Waals surface area contributed by atoms with Crippen molar-refractivity contribution in [1.29, 1.82) is 0 Å². The summed E-state index contributed by atoms with van der Waals surface area (Å²) in [6.45, 7) is 0. The predicted molar refractivity (Wildman–Crippen MR) is 78.5 cm³/mol. The van der Waals surface area contributed by atoms with Crippen LogP contribution >= 0.6 is 11.6 Å². The van der Waals surface area contributed by atoms with Crippen molar-refractivity contribution in [2.24, 2.45) is 5.41 Å². The van der Waals surface area contributed by atoms with Crippen LogP contribution < -0.4 is 10.6 Å². The molecule has 0 aromatic heterocycles. The van der Waals surface area contributed by atoms with Crippen molar-refractivity contribution in [2.45, 2.75) is 38.5 Å². The largest absolute Gasteiger partial charge is 0.399 e. The van der Waals surface area contributed by atoms with Crippen LogP contribution in [-0.4, -0.2) is 11.8 Å². The van der Waals surface area contributed by atoms with Crippen LogP contribution in [0.1, 0.15) is 38.5 Å². The highest BCUT2D eigenvalue weighted by Crippen LogP contribution is 2.48. The van der Waals surface area contributed by atoms with Crippen LogP contribution in [0.25, 0.3) is 0 Å². The number of amides is 2. The van der Waals surface area contributed by atoms with Crippen molar-refractivity contribution in [3.63, 3.8) is 0 Å².